The molecule has 5 heteroatoms. The third-order valence-electron chi connectivity index (χ3n) is 6.29. The van der Waals surface area contributed by atoms with Crippen LogP contribution in [0.25, 0.3) is 0 Å². The fourth-order valence-corrected chi connectivity index (χ4v) is 4.21. The molecule has 2 saturated heterocycles. The average Bonchev–Trinajstić information content (AvgIpc) is 2.74. The zero-order chi connectivity index (χ0) is 19.8. The largest absolute Gasteiger partial charge is 0.355 e. The number of hydrogen-bond acceptors (Lipinski definition) is 3. The fourth-order valence-electron chi connectivity index (χ4n) is 4.21. The number of likely N-dealkylation sites (tertiary alicyclic amines) is 2. The van der Waals surface area contributed by atoms with Gasteiger partial charge in [0.05, 0.1) is 0 Å². The molecule has 2 heterocycles. The summed E-state index contributed by atoms with van der Waals surface area (Å²) in [6.45, 7) is 7.73. The van der Waals surface area contributed by atoms with Gasteiger partial charge in [0.15, 0.2) is 0 Å². The highest BCUT2D eigenvalue weighted by Gasteiger charge is 2.27. The number of amides is 2. The molecule has 1 aromatic carbocycles. The molecule has 2 fully saturated rings. The minimum Gasteiger partial charge on any atom is -0.355 e. The zero-order valence-electron chi connectivity index (χ0n) is 17.2. The first-order valence-corrected chi connectivity index (χ1v) is 10.9. The van der Waals surface area contributed by atoms with E-state index < -0.39 is 0 Å². The van der Waals surface area contributed by atoms with Crippen molar-refractivity contribution in [1.29, 1.82) is 0 Å². The number of nitrogens with zero attached hydrogens (tertiary/aromatic N) is 2. The van der Waals surface area contributed by atoms with Crippen LogP contribution in [-0.4, -0.2) is 60.9 Å². The molecule has 0 spiro atoms. The van der Waals surface area contributed by atoms with Crippen molar-refractivity contribution in [3.05, 3.63) is 35.9 Å². The molecule has 0 saturated carbocycles. The molecule has 28 heavy (non-hydrogen) atoms. The molecule has 0 unspecified atom stereocenters. The molecule has 1 aromatic rings. The molecule has 0 aromatic heterocycles. The normalized spacial score (nSPS) is 19.5. The monoisotopic (exact) mass is 385 g/mol. The predicted molar refractivity (Wildman–Crippen MR) is 112 cm³/mol. The van der Waals surface area contributed by atoms with Gasteiger partial charge in [-0.25, -0.2) is 0 Å². The maximum Gasteiger partial charge on any atom is 0.223 e. The SMILES string of the molecule is CC1CCN(CCNC(=O)C2CCN(C(=O)CCc3ccccc3)CC2)CC1. The van der Waals surface area contributed by atoms with Crippen molar-refractivity contribution in [3.8, 4) is 0 Å². The zero-order valence-corrected chi connectivity index (χ0v) is 17.2. The summed E-state index contributed by atoms with van der Waals surface area (Å²) < 4.78 is 0. The van der Waals surface area contributed by atoms with E-state index in [4.69, 9.17) is 0 Å². The maximum absolute atomic E-state index is 12.4. The maximum atomic E-state index is 12.4. The number of benzene rings is 1. The van der Waals surface area contributed by atoms with Gasteiger partial charge in [-0.2, -0.15) is 0 Å². The van der Waals surface area contributed by atoms with Gasteiger partial charge in [0, 0.05) is 38.5 Å². The molecule has 0 atom stereocenters. The Morgan fingerprint density at radius 3 is 2.36 bits per heavy atom. The van der Waals surface area contributed by atoms with E-state index in [-0.39, 0.29) is 17.7 Å². The molecule has 3 rings (SSSR count). The van der Waals surface area contributed by atoms with Gasteiger partial charge in [0.1, 0.15) is 0 Å². The van der Waals surface area contributed by atoms with Gasteiger partial charge < -0.3 is 15.1 Å². The lowest BCUT2D eigenvalue weighted by Crippen LogP contribution is -2.45. The van der Waals surface area contributed by atoms with Crippen LogP contribution in [0.2, 0.25) is 0 Å². The molecule has 0 bridgehead atoms. The Morgan fingerprint density at radius 2 is 1.68 bits per heavy atom. The minimum atomic E-state index is 0.0551. The second-order valence-electron chi connectivity index (χ2n) is 8.46. The van der Waals surface area contributed by atoms with E-state index in [1.165, 1.54) is 18.4 Å². The van der Waals surface area contributed by atoms with Crippen molar-refractivity contribution in [3.63, 3.8) is 0 Å². The van der Waals surface area contributed by atoms with Gasteiger partial charge in [-0.3, -0.25) is 9.59 Å². The van der Waals surface area contributed by atoms with E-state index in [1.807, 2.05) is 23.1 Å². The minimum absolute atomic E-state index is 0.0551. The summed E-state index contributed by atoms with van der Waals surface area (Å²) in [4.78, 5) is 29.3. The quantitative estimate of drug-likeness (QED) is 0.785. The Morgan fingerprint density at radius 1 is 1.00 bits per heavy atom. The second-order valence-corrected chi connectivity index (χ2v) is 8.46. The fraction of sp³-hybridized carbons (Fsp3) is 0.652. The first kappa shape index (κ1) is 20.8. The number of carbonyl (C=O) groups excluding carboxylic acids is 2. The molecule has 2 aliphatic rings. The molecule has 5 nitrogen and oxygen atoms in total. The summed E-state index contributed by atoms with van der Waals surface area (Å²) >= 11 is 0. The highest BCUT2D eigenvalue weighted by molar-refractivity contribution is 5.80. The lowest BCUT2D eigenvalue weighted by Gasteiger charge is -2.32. The van der Waals surface area contributed by atoms with E-state index in [2.05, 4.69) is 29.3 Å². The molecular weight excluding hydrogens is 350 g/mol. The van der Waals surface area contributed by atoms with Crippen molar-refractivity contribution in [2.24, 2.45) is 11.8 Å². The summed E-state index contributed by atoms with van der Waals surface area (Å²) in [5.41, 5.74) is 1.20. The van der Waals surface area contributed by atoms with E-state index in [9.17, 15) is 9.59 Å². The summed E-state index contributed by atoms with van der Waals surface area (Å²) in [7, 11) is 0. The first-order chi connectivity index (χ1) is 13.6. The van der Waals surface area contributed by atoms with Crippen molar-refractivity contribution in [2.75, 3.05) is 39.3 Å². The Hall–Kier alpha value is -1.88. The van der Waals surface area contributed by atoms with Gasteiger partial charge >= 0.3 is 0 Å². The number of rotatable bonds is 7. The predicted octanol–water partition coefficient (Wildman–Crippen LogP) is 2.71. The number of nitrogens with one attached hydrogen (secondary N) is 1. The molecule has 0 radical (unpaired) electrons. The van der Waals surface area contributed by atoms with Crippen LogP contribution in [0, 0.1) is 11.8 Å². The van der Waals surface area contributed by atoms with Gasteiger partial charge in [0.2, 0.25) is 11.8 Å². The summed E-state index contributed by atoms with van der Waals surface area (Å²) in [6, 6.07) is 10.1. The van der Waals surface area contributed by atoms with E-state index in [0.29, 0.717) is 19.5 Å². The van der Waals surface area contributed by atoms with Crippen LogP contribution < -0.4 is 5.32 Å². The van der Waals surface area contributed by atoms with Gasteiger partial charge in [-0.15, -0.1) is 0 Å². The van der Waals surface area contributed by atoms with Crippen LogP contribution in [0.5, 0.6) is 0 Å². The summed E-state index contributed by atoms with van der Waals surface area (Å²) in [5.74, 6) is 1.27. The summed E-state index contributed by atoms with van der Waals surface area (Å²) in [5, 5.41) is 3.12. The highest BCUT2D eigenvalue weighted by Crippen LogP contribution is 2.19. The van der Waals surface area contributed by atoms with Crippen molar-refractivity contribution in [2.45, 2.75) is 45.4 Å². The Bertz CT molecular complexity index is 618. The molecule has 1 N–H and O–H groups in total. The van der Waals surface area contributed by atoms with Crippen molar-refractivity contribution >= 4 is 11.8 Å². The highest BCUT2D eigenvalue weighted by atomic mass is 16.2. The standard InChI is InChI=1S/C23H35N3O2/c1-19-9-14-25(15-10-19)18-13-24-23(28)21-11-16-26(17-12-21)22(27)8-7-20-5-3-2-4-6-20/h2-6,19,21H,7-18H2,1H3,(H,24,28). The van der Waals surface area contributed by atoms with E-state index >= 15 is 0 Å². The van der Waals surface area contributed by atoms with Crippen LogP contribution in [0.15, 0.2) is 30.3 Å². The van der Waals surface area contributed by atoms with Crippen LogP contribution >= 0.6 is 0 Å². The van der Waals surface area contributed by atoms with Crippen LogP contribution in [0.3, 0.4) is 0 Å². The molecule has 0 aliphatic carbocycles. The molecule has 154 valence electrons. The van der Waals surface area contributed by atoms with E-state index in [1.54, 1.807) is 0 Å². The van der Waals surface area contributed by atoms with Crippen molar-refractivity contribution in [1.82, 2.24) is 15.1 Å². The van der Waals surface area contributed by atoms with Gasteiger partial charge in [0.25, 0.3) is 0 Å². The topological polar surface area (TPSA) is 52.7 Å². The Labute approximate surface area is 169 Å². The number of piperidine rings is 2. The van der Waals surface area contributed by atoms with Crippen LogP contribution in [0.4, 0.5) is 0 Å². The number of aryl methyl sites for hydroxylation is 1. The van der Waals surface area contributed by atoms with Crippen LogP contribution in [-0.2, 0) is 16.0 Å². The average molecular weight is 386 g/mol. The van der Waals surface area contributed by atoms with Gasteiger partial charge in [-0.05, 0) is 56.7 Å². The first-order valence-electron chi connectivity index (χ1n) is 10.9. The van der Waals surface area contributed by atoms with Gasteiger partial charge in [-0.1, -0.05) is 37.3 Å². The molecular formula is C23H35N3O2. The number of carbonyl (C=O) groups is 2. The summed E-state index contributed by atoms with van der Waals surface area (Å²) in [6.07, 6.45) is 5.44. The van der Waals surface area contributed by atoms with Crippen LogP contribution in [0.1, 0.15) is 44.6 Å². The second kappa shape index (κ2) is 10.6. The van der Waals surface area contributed by atoms with Crippen molar-refractivity contribution < 1.29 is 9.59 Å². The lowest BCUT2D eigenvalue weighted by molar-refractivity contribution is -0.135. The lowest BCUT2D eigenvalue weighted by atomic mass is 9.95. The Kier molecular flexibility index (Phi) is 7.90. The third-order valence-corrected chi connectivity index (χ3v) is 6.29. The number of hydrogen-bond donors (Lipinski definition) is 1. The molecule has 2 amide bonds. The molecule has 2 aliphatic heterocycles. The third kappa shape index (κ3) is 6.33. The Balaban J connectivity index is 1.30. The van der Waals surface area contributed by atoms with E-state index in [0.717, 1.165) is 51.4 Å². The smallest absolute Gasteiger partial charge is 0.223 e.